The van der Waals surface area contributed by atoms with Crippen molar-refractivity contribution >= 4 is 29.9 Å². The van der Waals surface area contributed by atoms with E-state index < -0.39 is 0 Å². The van der Waals surface area contributed by atoms with Crippen LogP contribution in [0.2, 0.25) is 5.02 Å². The first kappa shape index (κ1) is 15.3. The summed E-state index contributed by atoms with van der Waals surface area (Å²) in [6, 6.07) is 1.66. The maximum atomic E-state index is 11.6. The van der Waals surface area contributed by atoms with E-state index in [9.17, 15) is 4.79 Å². The summed E-state index contributed by atoms with van der Waals surface area (Å²) in [7, 11) is 3.69. The summed E-state index contributed by atoms with van der Waals surface area (Å²) < 4.78 is 1.72. The quantitative estimate of drug-likeness (QED) is 0.792. The Morgan fingerprint density at radius 3 is 2.69 bits per heavy atom. The van der Waals surface area contributed by atoms with Gasteiger partial charge in [-0.15, -0.1) is 12.4 Å². The average Bonchev–Trinajstić information content (AvgIpc) is 2.52. The van der Waals surface area contributed by atoms with Gasteiger partial charge in [0, 0.05) is 19.8 Å². The second-order valence-electron chi connectivity index (χ2n) is 3.37. The normalized spacial score (nSPS) is 9.69. The molecule has 1 aromatic heterocycles. The first-order valence-corrected chi connectivity index (χ1v) is 5.27. The van der Waals surface area contributed by atoms with Gasteiger partial charge >= 0.3 is 0 Å². The molecule has 0 bridgehead atoms. The number of aryl methyl sites for hydroxylation is 1. The molecule has 0 aliphatic carbocycles. The van der Waals surface area contributed by atoms with Crippen molar-refractivity contribution in [1.82, 2.24) is 15.2 Å². The Morgan fingerprint density at radius 2 is 2.19 bits per heavy atom. The molecule has 1 rings (SSSR count). The number of hydrogen-bond acceptors (Lipinski definition) is 2. The van der Waals surface area contributed by atoms with E-state index in [0.29, 0.717) is 17.3 Å². The zero-order valence-corrected chi connectivity index (χ0v) is 11.0. The van der Waals surface area contributed by atoms with Gasteiger partial charge in [-0.1, -0.05) is 11.6 Å². The lowest BCUT2D eigenvalue weighted by Gasteiger charge is -2.05. The number of amides is 1. The first-order valence-electron chi connectivity index (χ1n) is 4.90. The molecule has 0 aliphatic heterocycles. The fraction of sp³-hybridized carbons (Fsp3) is 0.500. The zero-order valence-electron chi connectivity index (χ0n) is 9.42. The molecular formula is C10H17Cl2N3O. The van der Waals surface area contributed by atoms with Gasteiger partial charge in [0.25, 0.3) is 5.91 Å². The van der Waals surface area contributed by atoms with Crippen LogP contribution in [0.25, 0.3) is 0 Å². The van der Waals surface area contributed by atoms with Crippen molar-refractivity contribution in [2.75, 3.05) is 20.1 Å². The number of aromatic nitrogens is 1. The van der Waals surface area contributed by atoms with Crippen molar-refractivity contribution in [2.45, 2.75) is 6.42 Å². The van der Waals surface area contributed by atoms with Crippen molar-refractivity contribution in [3.05, 3.63) is 23.0 Å². The topological polar surface area (TPSA) is 46.1 Å². The highest BCUT2D eigenvalue weighted by Gasteiger charge is 2.09. The number of nitrogens with one attached hydrogen (secondary N) is 2. The van der Waals surface area contributed by atoms with Gasteiger partial charge < -0.3 is 15.2 Å². The summed E-state index contributed by atoms with van der Waals surface area (Å²) in [6.45, 7) is 1.57. The second kappa shape index (κ2) is 7.54. The minimum atomic E-state index is -0.0829. The Hall–Kier alpha value is -0.710. The highest BCUT2D eigenvalue weighted by molar-refractivity contribution is 6.31. The van der Waals surface area contributed by atoms with Crippen LogP contribution in [0.4, 0.5) is 0 Å². The number of nitrogens with zero attached hydrogens (tertiary/aromatic N) is 1. The molecule has 1 heterocycles. The molecule has 0 unspecified atom stereocenters. The van der Waals surface area contributed by atoms with Crippen molar-refractivity contribution in [3.8, 4) is 0 Å². The molecule has 0 atom stereocenters. The number of carbonyl (C=O) groups is 1. The fourth-order valence-electron chi connectivity index (χ4n) is 1.31. The van der Waals surface area contributed by atoms with Crippen molar-refractivity contribution in [1.29, 1.82) is 0 Å². The standard InChI is InChI=1S/C10H16ClN3O.ClH/c1-12-4-3-5-13-10(15)9-6-8(11)7-14(9)2;/h6-7,12H,3-5H2,1-2H3,(H,13,15);1H. The van der Waals surface area contributed by atoms with Gasteiger partial charge in [0.2, 0.25) is 0 Å². The minimum absolute atomic E-state index is 0. The second-order valence-corrected chi connectivity index (χ2v) is 3.80. The summed E-state index contributed by atoms with van der Waals surface area (Å²) in [5.41, 5.74) is 0.587. The number of carbonyl (C=O) groups excluding carboxylic acids is 1. The Labute approximate surface area is 107 Å². The van der Waals surface area contributed by atoms with E-state index in [-0.39, 0.29) is 18.3 Å². The third-order valence-electron chi connectivity index (χ3n) is 2.09. The fourth-order valence-corrected chi connectivity index (χ4v) is 1.56. The highest BCUT2D eigenvalue weighted by Crippen LogP contribution is 2.12. The lowest BCUT2D eigenvalue weighted by atomic mass is 10.3. The van der Waals surface area contributed by atoms with Crippen LogP contribution in [0.3, 0.4) is 0 Å². The third-order valence-corrected chi connectivity index (χ3v) is 2.30. The van der Waals surface area contributed by atoms with Gasteiger partial charge in [-0.25, -0.2) is 0 Å². The van der Waals surface area contributed by atoms with Gasteiger partial charge in [-0.3, -0.25) is 4.79 Å². The molecule has 1 amide bonds. The van der Waals surface area contributed by atoms with E-state index in [1.54, 1.807) is 23.9 Å². The molecule has 4 nitrogen and oxygen atoms in total. The van der Waals surface area contributed by atoms with E-state index in [1.165, 1.54) is 0 Å². The molecule has 2 N–H and O–H groups in total. The molecule has 0 aliphatic rings. The largest absolute Gasteiger partial charge is 0.351 e. The molecule has 0 aromatic carbocycles. The van der Waals surface area contributed by atoms with Gasteiger partial charge in [-0.05, 0) is 26.1 Å². The van der Waals surface area contributed by atoms with E-state index in [0.717, 1.165) is 13.0 Å². The smallest absolute Gasteiger partial charge is 0.267 e. The number of rotatable bonds is 5. The van der Waals surface area contributed by atoms with Crippen molar-refractivity contribution in [2.24, 2.45) is 7.05 Å². The van der Waals surface area contributed by atoms with Gasteiger partial charge in [0.15, 0.2) is 0 Å². The van der Waals surface area contributed by atoms with Crippen LogP contribution < -0.4 is 10.6 Å². The predicted molar refractivity (Wildman–Crippen MR) is 68.5 cm³/mol. The maximum Gasteiger partial charge on any atom is 0.267 e. The van der Waals surface area contributed by atoms with Crippen LogP contribution in [0.1, 0.15) is 16.9 Å². The van der Waals surface area contributed by atoms with Crippen LogP contribution in [0, 0.1) is 0 Å². The molecule has 92 valence electrons. The van der Waals surface area contributed by atoms with Gasteiger partial charge in [0.1, 0.15) is 5.69 Å². The number of halogens is 2. The molecule has 0 spiro atoms. The van der Waals surface area contributed by atoms with Crippen LogP contribution >= 0.6 is 24.0 Å². The van der Waals surface area contributed by atoms with E-state index in [4.69, 9.17) is 11.6 Å². The van der Waals surface area contributed by atoms with E-state index in [1.807, 2.05) is 7.05 Å². The van der Waals surface area contributed by atoms with Crippen LogP contribution in [-0.2, 0) is 7.05 Å². The number of hydrogen-bond donors (Lipinski definition) is 2. The van der Waals surface area contributed by atoms with Crippen LogP contribution in [0.15, 0.2) is 12.3 Å². The summed E-state index contributed by atoms with van der Waals surface area (Å²) in [6.07, 6.45) is 2.63. The van der Waals surface area contributed by atoms with Crippen LogP contribution in [-0.4, -0.2) is 30.6 Å². The van der Waals surface area contributed by atoms with Crippen LogP contribution in [0.5, 0.6) is 0 Å². The Morgan fingerprint density at radius 1 is 1.50 bits per heavy atom. The summed E-state index contributed by atoms with van der Waals surface area (Å²) in [5.74, 6) is -0.0829. The van der Waals surface area contributed by atoms with Crippen molar-refractivity contribution < 1.29 is 4.79 Å². The Balaban J connectivity index is 0.00000225. The van der Waals surface area contributed by atoms with Crippen molar-refractivity contribution in [3.63, 3.8) is 0 Å². The average molecular weight is 266 g/mol. The third kappa shape index (κ3) is 4.43. The molecule has 0 radical (unpaired) electrons. The minimum Gasteiger partial charge on any atom is -0.351 e. The molecule has 0 saturated carbocycles. The molecule has 0 fully saturated rings. The lowest BCUT2D eigenvalue weighted by Crippen LogP contribution is -2.27. The Kier molecular flexibility index (Phi) is 7.21. The zero-order chi connectivity index (χ0) is 11.3. The molecular weight excluding hydrogens is 249 g/mol. The van der Waals surface area contributed by atoms with E-state index in [2.05, 4.69) is 10.6 Å². The molecule has 0 saturated heterocycles. The van der Waals surface area contributed by atoms with Gasteiger partial charge in [0.05, 0.1) is 5.02 Å². The first-order chi connectivity index (χ1) is 7.15. The summed E-state index contributed by atoms with van der Waals surface area (Å²) >= 11 is 5.78. The van der Waals surface area contributed by atoms with Gasteiger partial charge in [-0.2, -0.15) is 0 Å². The maximum absolute atomic E-state index is 11.6. The lowest BCUT2D eigenvalue weighted by molar-refractivity contribution is 0.0945. The highest BCUT2D eigenvalue weighted by atomic mass is 35.5. The molecule has 6 heteroatoms. The summed E-state index contributed by atoms with van der Waals surface area (Å²) in [4.78, 5) is 11.6. The van der Waals surface area contributed by atoms with E-state index >= 15 is 0 Å². The summed E-state index contributed by atoms with van der Waals surface area (Å²) in [5, 5.41) is 6.43. The Bertz CT molecular complexity index is 339. The predicted octanol–water partition coefficient (Wildman–Crippen LogP) is 1.44. The molecule has 1 aromatic rings. The molecule has 16 heavy (non-hydrogen) atoms. The SMILES string of the molecule is CNCCCNC(=O)c1cc(Cl)cn1C.Cl. The monoisotopic (exact) mass is 265 g/mol.